The van der Waals surface area contributed by atoms with Gasteiger partial charge in [-0.05, 0) is 31.5 Å². The molecular weight excluding hydrogens is 176 g/mol. The molecule has 1 saturated heterocycles. The van der Waals surface area contributed by atoms with Gasteiger partial charge in [-0.15, -0.1) is 5.10 Å². The molecule has 1 unspecified atom stereocenters. The summed E-state index contributed by atoms with van der Waals surface area (Å²) in [5, 5.41) is 11.4. The number of anilines is 1. The lowest BCUT2D eigenvalue weighted by Crippen LogP contribution is -2.34. The second-order valence-electron chi connectivity index (χ2n) is 3.85. The number of rotatable bonds is 2. The second-order valence-corrected chi connectivity index (χ2v) is 3.85. The smallest absolute Gasteiger partial charge is 0.151 e. The maximum Gasteiger partial charge on any atom is 0.151 e. The van der Waals surface area contributed by atoms with Crippen molar-refractivity contribution in [2.45, 2.75) is 19.4 Å². The maximum absolute atomic E-state index is 4.13. The third-order valence-electron chi connectivity index (χ3n) is 2.72. The molecule has 2 heterocycles. The van der Waals surface area contributed by atoms with Crippen LogP contribution in [0.4, 0.5) is 5.82 Å². The van der Waals surface area contributed by atoms with E-state index in [-0.39, 0.29) is 0 Å². The minimum absolute atomic E-state index is 0.561. The van der Waals surface area contributed by atoms with Crippen LogP contribution in [0.25, 0.3) is 0 Å². The van der Waals surface area contributed by atoms with Crippen LogP contribution in [0.15, 0.2) is 12.3 Å². The molecule has 0 bridgehead atoms. The van der Waals surface area contributed by atoms with Gasteiger partial charge in [0.25, 0.3) is 0 Å². The van der Waals surface area contributed by atoms with Crippen LogP contribution < -0.4 is 10.2 Å². The molecule has 0 spiro atoms. The standard InChI is InChI=1S/C10H16N4/c1-8-5-10(13-12-6-8)14(2)9-3-4-11-7-9/h5-6,9,11H,3-4,7H2,1-2H3. The van der Waals surface area contributed by atoms with Crippen LogP contribution in [0.2, 0.25) is 0 Å². The molecule has 0 radical (unpaired) electrons. The van der Waals surface area contributed by atoms with Gasteiger partial charge in [-0.1, -0.05) is 0 Å². The summed E-state index contributed by atoms with van der Waals surface area (Å²) in [6, 6.07) is 2.64. The van der Waals surface area contributed by atoms with E-state index in [4.69, 9.17) is 0 Å². The Bertz CT molecular complexity index is 307. The zero-order valence-corrected chi connectivity index (χ0v) is 8.70. The van der Waals surface area contributed by atoms with Crippen LogP contribution in [0.3, 0.4) is 0 Å². The van der Waals surface area contributed by atoms with Gasteiger partial charge in [0.05, 0.1) is 6.20 Å². The van der Waals surface area contributed by atoms with Gasteiger partial charge in [0.15, 0.2) is 5.82 Å². The summed E-state index contributed by atoms with van der Waals surface area (Å²) in [6.07, 6.45) is 2.97. The molecule has 1 atom stereocenters. The van der Waals surface area contributed by atoms with Crippen LogP contribution in [0, 0.1) is 6.92 Å². The average Bonchev–Trinajstić information content (AvgIpc) is 2.69. The average molecular weight is 192 g/mol. The number of hydrogen-bond acceptors (Lipinski definition) is 4. The first-order valence-corrected chi connectivity index (χ1v) is 5.00. The highest BCUT2D eigenvalue weighted by molar-refractivity contribution is 5.39. The fraction of sp³-hybridized carbons (Fsp3) is 0.600. The van der Waals surface area contributed by atoms with Crippen LogP contribution in [-0.2, 0) is 0 Å². The molecule has 1 fully saturated rings. The summed E-state index contributed by atoms with van der Waals surface area (Å²) in [5.74, 6) is 0.971. The van der Waals surface area contributed by atoms with Gasteiger partial charge >= 0.3 is 0 Å². The molecule has 1 aromatic rings. The molecule has 14 heavy (non-hydrogen) atoms. The van der Waals surface area contributed by atoms with Crippen molar-refractivity contribution in [1.29, 1.82) is 0 Å². The predicted octanol–water partition coefficient (Wildman–Crippen LogP) is 0.583. The summed E-state index contributed by atoms with van der Waals surface area (Å²) in [4.78, 5) is 2.21. The van der Waals surface area contributed by atoms with Gasteiger partial charge in [0.1, 0.15) is 0 Å². The Morgan fingerprint density at radius 1 is 1.57 bits per heavy atom. The lowest BCUT2D eigenvalue weighted by atomic mass is 10.2. The maximum atomic E-state index is 4.13. The normalized spacial score (nSPS) is 21.1. The summed E-state index contributed by atoms with van der Waals surface area (Å²) in [7, 11) is 2.08. The molecule has 0 amide bonds. The summed E-state index contributed by atoms with van der Waals surface area (Å²) < 4.78 is 0. The molecule has 4 nitrogen and oxygen atoms in total. The molecule has 1 aromatic heterocycles. The predicted molar refractivity (Wildman–Crippen MR) is 56.4 cm³/mol. The largest absolute Gasteiger partial charge is 0.354 e. The zero-order valence-electron chi connectivity index (χ0n) is 8.70. The fourth-order valence-corrected chi connectivity index (χ4v) is 1.78. The van der Waals surface area contributed by atoms with E-state index >= 15 is 0 Å². The lowest BCUT2D eigenvalue weighted by Gasteiger charge is -2.24. The SMILES string of the molecule is Cc1cnnc(N(C)C2CCNC2)c1. The molecule has 0 saturated carbocycles. The number of hydrogen-bond donors (Lipinski definition) is 1. The van der Waals surface area contributed by atoms with Crippen molar-refractivity contribution in [2.24, 2.45) is 0 Å². The Morgan fingerprint density at radius 3 is 3.07 bits per heavy atom. The minimum Gasteiger partial charge on any atom is -0.354 e. The first-order valence-electron chi connectivity index (χ1n) is 5.00. The van der Waals surface area contributed by atoms with Crippen LogP contribution in [0.5, 0.6) is 0 Å². The van der Waals surface area contributed by atoms with Crippen LogP contribution in [-0.4, -0.2) is 36.4 Å². The third kappa shape index (κ3) is 1.85. The topological polar surface area (TPSA) is 41.1 Å². The minimum atomic E-state index is 0.561. The molecule has 2 rings (SSSR count). The first-order chi connectivity index (χ1) is 6.77. The Morgan fingerprint density at radius 2 is 2.43 bits per heavy atom. The van der Waals surface area contributed by atoms with Gasteiger partial charge in [-0.3, -0.25) is 0 Å². The van der Waals surface area contributed by atoms with E-state index in [2.05, 4.69) is 33.5 Å². The van der Waals surface area contributed by atoms with Crippen molar-refractivity contribution < 1.29 is 0 Å². The number of nitrogens with zero attached hydrogens (tertiary/aromatic N) is 3. The molecule has 1 aliphatic rings. The van der Waals surface area contributed by atoms with Crippen molar-refractivity contribution >= 4 is 5.82 Å². The van der Waals surface area contributed by atoms with Gasteiger partial charge in [0.2, 0.25) is 0 Å². The second kappa shape index (κ2) is 3.92. The number of likely N-dealkylation sites (N-methyl/N-ethyl adjacent to an activating group) is 1. The fourth-order valence-electron chi connectivity index (χ4n) is 1.78. The van der Waals surface area contributed by atoms with Gasteiger partial charge < -0.3 is 10.2 Å². The van der Waals surface area contributed by atoms with E-state index in [1.807, 2.05) is 6.92 Å². The molecule has 0 aromatic carbocycles. The Hall–Kier alpha value is -1.16. The van der Waals surface area contributed by atoms with Gasteiger partial charge in [0, 0.05) is 19.6 Å². The summed E-state index contributed by atoms with van der Waals surface area (Å²) >= 11 is 0. The van der Waals surface area contributed by atoms with Crippen molar-refractivity contribution in [1.82, 2.24) is 15.5 Å². The highest BCUT2D eigenvalue weighted by atomic mass is 15.3. The zero-order chi connectivity index (χ0) is 9.97. The molecule has 4 heteroatoms. The number of nitrogens with one attached hydrogen (secondary N) is 1. The Kier molecular flexibility index (Phi) is 2.63. The van der Waals surface area contributed by atoms with Gasteiger partial charge in [-0.2, -0.15) is 5.10 Å². The van der Waals surface area contributed by atoms with E-state index in [0.29, 0.717) is 6.04 Å². The third-order valence-corrected chi connectivity index (χ3v) is 2.72. The number of aromatic nitrogens is 2. The monoisotopic (exact) mass is 192 g/mol. The van der Waals surface area contributed by atoms with Crippen molar-refractivity contribution in [3.05, 3.63) is 17.8 Å². The molecule has 1 N–H and O–H groups in total. The molecule has 1 aliphatic heterocycles. The molecule has 76 valence electrons. The van der Waals surface area contributed by atoms with E-state index in [1.54, 1.807) is 6.20 Å². The van der Waals surface area contributed by atoms with E-state index < -0.39 is 0 Å². The van der Waals surface area contributed by atoms with E-state index in [0.717, 1.165) is 24.5 Å². The van der Waals surface area contributed by atoms with Gasteiger partial charge in [-0.25, -0.2) is 0 Å². The number of aryl methyl sites for hydroxylation is 1. The summed E-state index contributed by atoms with van der Waals surface area (Å²) in [5.41, 5.74) is 1.16. The van der Waals surface area contributed by atoms with Crippen molar-refractivity contribution in [2.75, 3.05) is 25.0 Å². The lowest BCUT2D eigenvalue weighted by molar-refractivity contribution is 0.672. The first kappa shape index (κ1) is 9.40. The highest BCUT2D eigenvalue weighted by Gasteiger charge is 2.20. The van der Waals surface area contributed by atoms with Crippen LogP contribution in [0.1, 0.15) is 12.0 Å². The van der Waals surface area contributed by atoms with Crippen molar-refractivity contribution in [3.8, 4) is 0 Å². The van der Waals surface area contributed by atoms with E-state index in [9.17, 15) is 0 Å². The van der Waals surface area contributed by atoms with Crippen LogP contribution >= 0.6 is 0 Å². The van der Waals surface area contributed by atoms with E-state index in [1.165, 1.54) is 6.42 Å². The summed E-state index contributed by atoms with van der Waals surface area (Å²) in [6.45, 7) is 4.19. The molecule has 0 aliphatic carbocycles. The van der Waals surface area contributed by atoms with Crippen molar-refractivity contribution in [3.63, 3.8) is 0 Å². The Balaban J connectivity index is 2.13. The highest BCUT2D eigenvalue weighted by Crippen LogP contribution is 2.15. The quantitative estimate of drug-likeness (QED) is 0.744. The Labute approximate surface area is 84.3 Å². The molecular formula is C10H16N4.